The lowest BCUT2D eigenvalue weighted by atomic mass is 10.1. The highest BCUT2D eigenvalue weighted by molar-refractivity contribution is 7.90. The van der Waals surface area contributed by atoms with Crippen LogP contribution in [0.3, 0.4) is 0 Å². The van der Waals surface area contributed by atoms with Crippen LogP contribution in [0.5, 0.6) is 17.2 Å². The molecular formula is C32H28F2N4O5S2. The van der Waals surface area contributed by atoms with E-state index >= 15 is 8.78 Å². The van der Waals surface area contributed by atoms with Crippen LogP contribution >= 0.6 is 12.2 Å². The molecule has 0 atom stereocenters. The van der Waals surface area contributed by atoms with Gasteiger partial charge in [-0.1, -0.05) is 18.2 Å². The third-order valence-electron chi connectivity index (χ3n) is 7.70. The second-order valence-corrected chi connectivity index (χ2v) is 12.2. The number of ether oxygens (including phenoxy) is 3. The monoisotopic (exact) mass is 650 g/mol. The molecule has 0 saturated heterocycles. The van der Waals surface area contributed by atoms with Gasteiger partial charge in [0.05, 0.1) is 44.2 Å². The number of aromatic nitrogens is 2. The molecule has 1 aliphatic heterocycles. The van der Waals surface area contributed by atoms with E-state index in [1.807, 2.05) is 6.92 Å². The lowest BCUT2D eigenvalue weighted by molar-refractivity contribution is 0.359. The van der Waals surface area contributed by atoms with E-state index in [0.29, 0.717) is 40.2 Å². The number of anilines is 2. The van der Waals surface area contributed by atoms with Gasteiger partial charge in [-0.25, -0.2) is 26.2 Å². The Morgan fingerprint density at radius 2 is 1.53 bits per heavy atom. The molecule has 0 N–H and O–H groups in total. The Bertz CT molecular complexity index is 2020. The summed E-state index contributed by atoms with van der Waals surface area (Å²) in [5.74, 6) is -1.68. The van der Waals surface area contributed by atoms with Crippen molar-refractivity contribution < 1.29 is 31.4 Å². The zero-order valence-corrected chi connectivity index (χ0v) is 26.4. The Morgan fingerprint density at radius 1 is 0.889 bits per heavy atom. The molecule has 232 valence electrons. The van der Waals surface area contributed by atoms with Crippen LogP contribution in [-0.4, -0.2) is 50.4 Å². The normalized spacial score (nSPS) is 13.2. The molecule has 3 aromatic carbocycles. The summed E-state index contributed by atoms with van der Waals surface area (Å²) in [5.41, 5.74) is 1.90. The fourth-order valence-electron chi connectivity index (χ4n) is 5.55. The predicted molar refractivity (Wildman–Crippen MR) is 172 cm³/mol. The van der Waals surface area contributed by atoms with Gasteiger partial charge in [0.1, 0.15) is 11.4 Å². The van der Waals surface area contributed by atoms with Crippen molar-refractivity contribution in [2.24, 2.45) is 0 Å². The molecule has 0 radical (unpaired) electrons. The molecule has 3 heterocycles. The van der Waals surface area contributed by atoms with E-state index in [1.54, 1.807) is 60.5 Å². The fraction of sp³-hybridized carbons (Fsp3) is 0.188. The van der Waals surface area contributed by atoms with E-state index in [-0.39, 0.29) is 33.7 Å². The fourth-order valence-corrected chi connectivity index (χ4v) is 7.43. The number of fused-ring (bicyclic) bond motifs is 3. The highest BCUT2D eigenvalue weighted by Crippen LogP contribution is 2.44. The maximum atomic E-state index is 15.6. The Hall–Kier alpha value is -4.75. The van der Waals surface area contributed by atoms with Crippen molar-refractivity contribution in [2.75, 3.05) is 37.7 Å². The Kier molecular flexibility index (Phi) is 7.83. The van der Waals surface area contributed by atoms with E-state index in [9.17, 15) is 8.42 Å². The summed E-state index contributed by atoms with van der Waals surface area (Å²) >= 11 is 5.84. The number of nitrogens with zero attached hydrogens (tertiary/aromatic N) is 4. The van der Waals surface area contributed by atoms with Crippen LogP contribution in [0.25, 0.3) is 22.3 Å². The number of pyridine rings is 1. The van der Waals surface area contributed by atoms with Crippen LogP contribution in [0.15, 0.2) is 77.8 Å². The maximum Gasteiger partial charge on any atom is 0.269 e. The minimum Gasteiger partial charge on any atom is -0.497 e. The molecule has 0 aliphatic carbocycles. The first-order valence-corrected chi connectivity index (χ1v) is 15.7. The van der Waals surface area contributed by atoms with E-state index in [2.05, 4.69) is 4.98 Å². The summed E-state index contributed by atoms with van der Waals surface area (Å²) in [5, 5.41) is 0.612. The Morgan fingerprint density at radius 3 is 2.11 bits per heavy atom. The molecular weight excluding hydrogens is 623 g/mol. The summed E-state index contributed by atoms with van der Waals surface area (Å²) in [7, 11) is -0.0292. The number of halogens is 2. The van der Waals surface area contributed by atoms with Crippen LogP contribution in [-0.2, 0) is 16.6 Å². The molecule has 5 aromatic rings. The zero-order valence-electron chi connectivity index (χ0n) is 24.7. The third-order valence-corrected chi connectivity index (χ3v) is 9.86. The van der Waals surface area contributed by atoms with Crippen LogP contribution in [0.4, 0.5) is 20.2 Å². The Labute approximate surface area is 264 Å². The predicted octanol–water partition coefficient (Wildman–Crippen LogP) is 6.38. The van der Waals surface area contributed by atoms with Crippen molar-refractivity contribution in [1.29, 1.82) is 0 Å². The molecule has 0 unspecified atom stereocenters. The highest BCUT2D eigenvalue weighted by atomic mass is 32.2. The smallest absolute Gasteiger partial charge is 0.269 e. The summed E-state index contributed by atoms with van der Waals surface area (Å²) in [4.78, 5) is 7.75. The molecule has 0 bridgehead atoms. The van der Waals surface area contributed by atoms with Gasteiger partial charge in [0, 0.05) is 29.8 Å². The van der Waals surface area contributed by atoms with Gasteiger partial charge in [0.15, 0.2) is 33.9 Å². The van der Waals surface area contributed by atoms with E-state index in [0.717, 1.165) is 6.07 Å². The van der Waals surface area contributed by atoms with E-state index in [4.69, 9.17) is 26.4 Å². The largest absolute Gasteiger partial charge is 0.497 e. The van der Waals surface area contributed by atoms with Crippen LogP contribution in [0.2, 0.25) is 0 Å². The number of benzene rings is 3. The zero-order chi connectivity index (χ0) is 32.0. The molecule has 0 saturated carbocycles. The van der Waals surface area contributed by atoms with Crippen molar-refractivity contribution in [1.82, 2.24) is 8.96 Å². The lowest BCUT2D eigenvalue weighted by Crippen LogP contribution is -2.48. The first kappa shape index (κ1) is 30.3. The second-order valence-electron chi connectivity index (χ2n) is 10.1. The van der Waals surface area contributed by atoms with Crippen molar-refractivity contribution >= 4 is 49.8 Å². The molecule has 45 heavy (non-hydrogen) atoms. The summed E-state index contributed by atoms with van der Waals surface area (Å²) < 4.78 is 76.4. The summed E-state index contributed by atoms with van der Waals surface area (Å²) in [6.45, 7) is 2.10. The SMILES string of the molecule is CCN1C(=S)N(c2c(F)c(OC)cc(OC)c2F)Cc2cnc3c(cc(-c4ccc(OC)cc4)n3S(=O)(=O)c3ccccc3)c21. The second kappa shape index (κ2) is 11.6. The highest BCUT2D eigenvalue weighted by Gasteiger charge is 2.36. The Balaban J connectivity index is 1.60. The molecule has 2 aromatic heterocycles. The summed E-state index contributed by atoms with van der Waals surface area (Å²) in [6, 6.07) is 18.0. The summed E-state index contributed by atoms with van der Waals surface area (Å²) in [6.07, 6.45) is 1.51. The number of thiocarbonyl (C=S) groups is 1. The van der Waals surface area contributed by atoms with Crippen molar-refractivity contribution in [3.63, 3.8) is 0 Å². The minimum atomic E-state index is -4.13. The molecule has 0 spiro atoms. The lowest BCUT2D eigenvalue weighted by Gasteiger charge is -2.39. The van der Waals surface area contributed by atoms with Gasteiger partial charge < -0.3 is 24.0 Å². The third kappa shape index (κ3) is 4.82. The number of hydrogen-bond acceptors (Lipinski definition) is 7. The maximum absolute atomic E-state index is 15.6. The molecule has 0 amide bonds. The van der Waals surface area contributed by atoms with Gasteiger partial charge >= 0.3 is 0 Å². The van der Waals surface area contributed by atoms with Gasteiger partial charge in [0.25, 0.3) is 10.0 Å². The number of hydrogen-bond donors (Lipinski definition) is 0. The number of rotatable bonds is 8. The van der Waals surface area contributed by atoms with Crippen molar-refractivity contribution in [2.45, 2.75) is 18.4 Å². The minimum absolute atomic E-state index is 0.0494. The molecule has 6 rings (SSSR count). The van der Waals surface area contributed by atoms with Crippen LogP contribution < -0.4 is 24.0 Å². The average molecular weight is 651 g/mol. The molecule has 1 aliphatic rings. The standard InChI is InChI=1S/C32H28F2N4O5S2/c1-5-36-29-20(18-37(32(36)44)30-27(33)25(42-3)16-26(43-4)28(30)34)17-35-31-23(29)15-24(19-11-13-21(41-2)14-12-19)38(31)45(39,40)22-9-7-6-8-10-22/h6-17H,5,18H2,1-4H3. The molecule has 13 heteroatoms. The van der Waals surface area contributed by atoms with E-state index < -0.39 is 27.3 Å². The van der Waals surface area contributed by atoms with Crippen molar-refractivity contribution in [3.05, 3.63) is 90.1 Å². The van der Waals surface area contributed by atoms with E-state index in [1.165, 1.54) is 41.4 Å². The number of methoxy groups -OCH3 is 3. The topological polar surface area (TPSA) is 86.1 Å². The first-order chi connectivity index (χ1) is 21.7. The van der Waals surface area contributed by atoms with Crippen LogP contribution in [0, 0.1) is 11.6 Å². The van der Waals surface area contributed by atoms with Gasteiger partial charge in [-0.15, -0.1) is 0 Å². The average Bonchev–Trinajstić information content (AvgIpc) is 3.46. The van der Waals surface area contributed by atoms with Gasteiger partial charge in [0.2, 0.25) is 0 Å². The molecule has 0 fully saturated rings. The van der Waals surface area contributed by atoms with Crippen molar-refractivity contribution in [3.8, 4) is 28.5 Å². The molecule has 9 nitrogen and oxygen atoms in total. The van der Waals surface area contributed by atoms with Gasteiger partial charge in [-0.2, -0.15) is 0 Å². The quantitative estimate of drug-likeness (QED) is 0.178. The van der Waals surface area contributed by atoms with Gasteiger partial charge in [-0.3, -0.25) is 0 Å². The first-order valence-electron chi connectivity index (χ1n) is 13.8. The van der Waals surface area contributed by atoms with Crippen LogP contribution in [0.1, 0.15) is 12.5 Å². The van der Waals surface area contributed by atoms with Gasteiger partial charge in [-0.05, 0) is 67.2 Å².